The molecule has 0 aliphatic heterocycles. The van der Waals surface area contributed by atoms with Crippen molar-refractivity contribution in [3.8, 4) is 5.75 Å². The Morgan fingerprint density at radius 3 is 2.38 bits per heavy atom. The van der Waals surface area contributed by atoms with Gasteiger partial charge in [0.05, 0.1) is 6.61 Å². The first-order chi connectivity index (χ1) is 7.86. The fourth-order valence-corrected chi connectivity index (χ4v) is 1.43. The second-order valence-corrected chi connectivity index (χ2v) is 3.63. The summed E-state index contributed by atoms with van der Waals surface area (Å²) in [5.74, 6) is 0.928. The van der Waals surface area contributed by atoms with Gasteiger partial charge in [-0.3, -0.25) is 0 Å². The predicted molar refractivity (Wildman–Crippen MR) is 69.3 cm³/mol. The number of hydrogen-bond acceptors (Lipinski definition) is 3. The molecule has 3 heteroatoms. The largest absolute Gasteiger partial charge is 0.494 e. The van der Waals surface area contributed by atoms with Gasteiger partial charge < -0.3 is 15.4 Å². The molecule has 2 N–H and O–H groups in total. The van der Waals surface area contributed by atoms with E-state index in [4.69, 9.17) is 4.74 Å². The average Bonchev–Trinajstić information content (AvgIpc) is 2.31. The molecule has 0 atom stereocenters. The fourth-order valence-electron chi connectivity index (χ4n) is 1.43. The van der Waals surface area contributed by atoms with Crippen LogP contribution in [-0.4, -0.2) is 26.2 Å². The fraction of sp³-hybridized carbons (Fsp3) is 0.538. The molecule has 0 saturated heterocycles. The summed E-state index contributed by atoms with van der Waals surface area (Å²) < 4.78 is 5.38. The molecule has 90 valence electrons. The third-order valence-electron chi connectivity index (χ3n) is 2.22. The van der Waals surface area contributed by atoms with Gasteiger partial charge in [0.15, 0.2) is 0 Å². The minimum Gasteiger partial charge on any atom is -0.494 e. The summed E-state index contributed by atoms with van der Waals surface area (Å²) in [7, 11) is 0. The highest BCUT2D eigenvalue weighted by molar-refractivity contribution is 5.46. The maximum absolute atomic E-state index is 5.38. The Labute approximate surface area is 98.2 Å². The summed E-state index contributed by atoms with van der Waals surface area (Å²) in [4.78, 5) is 0. The molecule has 0 heterocycles. The Hall–Kier alpha value is -1.22. The molecule has 0 bridgehead atoms. The third kappa shape index (κ3) is 5.03. The van der Waals surface area contributed by atoms with Crippen molar-refractivity contribution in [2.45, 2.75) is 20.3 Å². The molecular weight excluding hydrogens is 200 g/mol. The van der Waals surface area contributed by atoms with Gasteiger partial charge in [0.2, 0.25) is 0 Å². The zero-order valence-corrected chi connectivity index (χ0v) is 10.3. The highest BCUT2D eigenvalue weighted by atomic mass is 16.5. The van der Waals surface area contributed by atoms with Crippen LogP contribution in [0.2, 0.25) is 0 Å². The highest BCUT2D eigenvalue weighted by Gasteiger charge is 1.93. The van der Waals surface area contributed by atoms with Crippen molar-refractivity contribution in [1.29, 1.82) is 0 Å². The number of anilines is 1. The van der Waals surface area contributed by atoms with Crippen LogP contribution in [0, 0.1) is 0 Å². The summed E-state index contributed by atoms with van der Waals surface area (Å²) in [5, 5.41) is 6.70. The lowest BCUT2D eigenvalue weighted by molar-refractivity contribution is 0.340. The molecule has 0 aromatic heterocycles. The molecule has 0 amide bonds. The van der Waals surface area contributed by atoms with Crippen molar-refractivity contribution in [2.75, 3.05) is 31.6 Å². The zero-order chi connectivity index (χ0) is 11.6. The zero-order valence-electron chi connectivity index (χ0n) is 10.3. The van der Waals surface area contributed by atoms with Crippen molar-refractivity contribution in [3.05, 3.63) is 24.3 Å². The molecule has 3 nitrogen and oxygen atoms in total. The maximum Gasteiger partial charge on any atom is 0.119 e. The van der Waals surface area contributed by atoms with Crippen molar-refractivity contribution < 1.29 is 4.74 Å². The van der Waals surface area contributed by atoms with Crippen LogP contribution in [0.4, 0.5) is 5.69 Å². The molecule has 0 unspecified atom stereocenters. The van der Waals surface area contributed by atoms with E-state index < -0.39 is 0 Å². The van der Waals surface area contributed by atoms with Crippen LogP contribution in [0.5, 0.6) is 5.75 Å². The van der Waals surface area contributed by atoms with E-state index in [2.05, 4.69) is 17.6 Å². The number of hydrogen-bond donors (Lipinski definition) is 2. The Morgan fingerprint density at radius 1 is 1.00 bits per heavy atom. The first kappa shape index (κ1) is 12.8. The van der Waals surface area contributed by atoms with E-state index in [1.165, 1.54) is 6.42 Å². The van der Waals surface area contributed by atoms with Gasteiger partial charge in [-0.15, -0.1) is 0 Å². The van der Waals surface area contributed by atoms with Crippen molar-refractivity contribution >= 4 is 5.69 Å². The van der Waals surface area contributed by atoms with Gasteiger partial charge in [-0.1, -0.05) is 6.92 Å². The quantitative estimate of drug-likeness (QED) is 0.663. The van der Waals surface area contributed by atoms with Crippen LogP contribution >= 0.6 is 0 Å². The van der Waals surface area contributed by atoms with Crippen molar-refractivity contribution in [3.63, 3.8) is 0 Å². The monoisotopic (exact) mass is 222 g/mol. The third-order valence-corrected chi connectivity index (χ3v) is 2.22. The Bertz CT molecular complexity index is 272. The van der Waals surface area contributed by atoms with Crippen molar-refractivity contribution in [1.82, 2.24) is 5.32 Å². The normalized spacial score (nSPS) is 10.1. The van der Waals surface area contributed by atoms with Crippen LogP contribution in [0.25, 0.3) is 0 Å². The minimum atomic E-state index is 0.716. The van der Waals surface area contributed by atoms with Gasteiger partial charge in [-0.2, -0.15) is 0 Å². The number of ether oxygens (including phenoxy) is 1. The minimum absolute atomic E-state index is 0.716. The SMILES string of the molecule is CCCNCCNc1ccc(OCC)cc1. The molecule has 0 fully saturated rings. The summed E-state index contributed by atoms with van der Waals surface area (Å²) in [6.07, 6.45) is 1.18. The van der Waals surface area contributed by atoms with Gasteiger partial charge in [-0.25, -0.2) is 0 Å². The van der Waals surface area contributed by atoms with E-state index in [1.54, 1.807) is 0 Å². The van der Waals surface area contributed by atoms with Gasteiger partial charge in [0.1, 0.15) is 5.75 Å². The number of benzene rings is 1. The first-order valence-electron chi connectivity index (χ1n) is 6.04. The molecule has 1 rings (SSSR count). The van der Waals surface area contributed by atoms with Gasteiger partial charge in [0, 0.05) is 18.8 Å². The molecule has 1 aromatic rings. The van der Waals surface area contributed by atoms with Crippen LogP contribution in [0.3, 0.4) is 0 Å². The number of nitrogens with one attached hydrogen (secondary N) is 2. The van der Waals surface area contributed by atoms with E-state index >= 15 is 0 Å². The maximum atomic E-state index is 5.38. The molecule has 0 radical (unpaired) electrons. The van der Waals surface area contributed by atoms with E-state index in [1.807, 2.05) is 31.2 Å². The van der Waals surface area contributed by atoms with Gasteiger partial charge in [-0.05, 0) is 44.2 Å². The standard InChI is InChI=1S/C13H22N2O/c1-3-9-14-10-11-15-12-5-7-13(8-6-12)16-4-2/h5-8,14-15H,3-4,9-11H2,1-2H3. The Balaban J connectivity index is 2.21. The van der Waals surface area contributed by atoms with Crippen LogP contribution < -0.4 is 15.4 Å². The first-order valence-corrected chi connectivity index (χ1v) is 6.04. The summed E-state index contributed by atoms with van der Waals surface area (Å²) >= 11 is 0. The molecule has 0 saturated carbocycles. The molecule has 0 aliphatic rings. The Kier molecular flexibility index (Phi) is 6.42. The second-order valence-electron chi connectivity index (χ2n) is 3.63. The number of rotatable bonds is 8. The molecule has 0 aliphatic carbocycles. The van der Waals surface area contributed by atoms with Crippen LogP contribution in [-0.2, 0) is 0 Å². The van der Waals surface area contributed by atoms with Gasteiger partial charge in [0.25, 0.3) is 0 Å². The van der Waals surface area contributed by atoms with E-state index in [0.29, 0.717) is 6.61 Å². The average molecular weight is 222 g/mol. The lowest BCUT2D eigenvalue weighted by atomic mass is 10.3. The summed E-state index contributed by atoms with van der Waals surface area (Å²) in [6.45, 7) is 7.92. The molecule has 1 aromatic carbocycles. The molecule has 16 heavy (non-hydrogen) atoms. The molecular formula is C13H22N2O. The van der Waals surface area contributed by atoms with Crippen molar-refractivity contribution in [2.24, 2.45) is 0 Å². The second kappa shape index (κ2) is 7.99. The molecule has 0 spiro atoms. The topological polar surface area (TPSA) is 33.3 Å². The van der Waals surface area contributed by atoms with E-state index in [-0.39, 0.29) is 0 Å². The lowest BCUT2D eigenvalue weighted by Crippen LogP contribution is -2.22. The lowest BCUT2D eigenvalue weighted by Gasteiger charge is -2.08. The summed E-state index contributed by atoms with van der Waals surface area (Å²) in [5.41, 5.74) is 1.14. The van der Waals surface area contributed by atoms with Crippen LogP contribution in [0.15, 0.2) is 24.3 Å². The van der Waals surface area contributed by atoms with Gasteiger partial charge >= 0.3 is 0 Å². The summed E-state index contributed by atoms with van der Waals surface area (Å²) in [6, 6.07) is 8.08. The van der Waals surface area contributed by atoms with Crippen LogP contribution in [0.1, 0.15) is 20.3 Å². The Morgan fingerprint density at radius 2 is 1.75 bits per heavy atom. The smallest absolute Gasteiger partial charge is 0.119 e. The van der Waals surface area contributed by atoms with E-state index in [9.17, 15) is 0 Å². The van der Waals surface area contributed by atoms with E-state index in [0.717, 1.165) is 31.1 Å². The predicted octanol–water partition coefficient (Wildman–Crippen LogP) is 2.50. The highest BCUT2D eigenvalue weighted by Crippen LogP contribution is 2.14.